The lowest BCUT2D eigenvalue weighted by Gasteiger charge is -2.18. The third-order valence-corrected chi connectivity index (χ3v) is 4.52. The van der Waals surface area contributed by atoms with Crippen LogP contribution in [0.15, 0.2) is 30.3 Å². The van der Waals surface area contributed by atoms with Crippen LogP contribution in [0.3, 0.4) is 0 Å². The van der Waals surface area contributed by atoms with Gasteiger partial charge < -0.3 is 10.0 Å². The van der Waals surface area contributed by atoms with Crippen molar-refractivity contribution in [3.8, 4) is 0 Å². The van der Waals surface area contributed by atoms with Crippen molar-refractivity contribution >= 4 is 34.6 Å². The first-order chi connectivity index (χ1) is 9.13. The molecule has 0 radical (unpaired) electrons. The lowest BCUT2D eigenvalue weighted by atomic mass is 10.1. The number of halogens is 1. The minimum atomic E-state index is -0.881. The fraction of sp³-hybridized carbons (Fsp3) is 0.214. The summed E-state index contributed by atoms with van der Waals surface area (Å²) in [4.78, 5) is 14.4. The van der Waals surface area contributed by atoms with Gasteiger partial charge in [-0.25, -0.2) is 4.79 Å². The monoisotopic (exact) mass is 293 g/mol. The van der Waals surface area contributed by atoms with Crippen LogP contribution in [0.2, 0.25) is 4.34 Å². The summed E-state index contributed by atoms with van der Waals surface area (Å²) in [5.41, 5.74) is 2.59. The van der Waals surface area contributed by atoms with Gasteiger partial charge in [-0.2, -0.15) is 0 Å². The second-order valence-electron chi connectivity index (χ2n) is 4.53. The number of nitrogens with zero attached hydrogens (tertiary/aromatic N) is 1. The Kier molecular flexibility index (Phi) is 3.21. The highest BCUT2D eigenvalue weighted by Gasteiger charge is 2.21. The summed E-state index contributed by atoms with van der Waals surface area (Å²) >= 11 is 7.50. The summed E-state index contributed by atoms with van der Waals surface area (Å²) < 4.78 is 0.786. The second kappa shape index (κ2) is 4.87. The minimum Gasteiger partial charge on any atom is -0.478 e. The zero-order valence-corrected chi connectivity index (χ0v) is 11.7. The van der Waals surface area contributed by atoms with Crippen LogP contribution >= 0.6 is 22.9 Å². The van der Waals surface area contributed by atoms with Gasteiger partial charge in [0.25, 0.3) is 0 Å². The molecule has 2 heterocycles. The Morgan fingerprint density at radius 1 is 1.37 bits per heavy atom. The number of aromatic carboxylic acids is 1. The Labute approximate surface area is 120 Å². The van der Waals surface area contributed by atoms with Crippen LogP contribution in [0.25, 0.3) is 0 Å². The molecule has 19 heavy (non-hydrogen) atoms. The van der Waals surface area contributed by atoms with Gasteiger partial charge in [-0.15, -0.1) is 11.3 Å². The molecular weight excluding hydrogens is 282 g/mol. The molecule has 0 spiro atoms. The molecule has 1 aromatic carbocycles. The van der Waals surface area contributed by atoms with E-state index in [2.05, 4.69) is 4.90 Å². The first kappa shape index (κ1) is 12.5. The maximum atomic E-state index is 11.0. The van der Waals surface area contributed by atoms with Crippen molar-refractivity contribution in [2.75, 3.05) is 11.4 Å². The van der Waals surface area contributed by atoms with Crippen molar-refractivity contribution in [1.29, 1.82) is 0 Å². The lowest BCUT2D eigenvalue weighted by Crippen LogP contribution is -2.19. The molecule has 1 aromatic heterocycles. The van der Waals surface area contributed by atoms with Gasteiger partial charge in [-0.3, -0.25) is 0 Å². The van der Waals surface area contributed by atoms with Crippen molar-refractivity contribution in [3.05, 3.63) is 50.7 Å². The molecule has 98 valence electrons. The zero-order chi connectivity index (χ0) is 13.4. The predicted molar refractivity (Wildman–Crippen MR) is 77.5 cm³/mol. The van der Waals surface area contributed by atoms with Crippen LogP contribution < -0.4 is 4.90 Å². The molecule has 1 N–H and O–H groups in total. The lowest BCUT2D eigenvalue weighted by molar-refractivity contribution is 0.0697. The zero-order valence-electron chi connectivity index (χ0n) is 10.1. The SMILES string of the molecule is O=C(O)c1ccc2c(c1)N(Cc1ccc(Cl)s1)CC2. The number of hydrogen-bond acceptors (Lipinski definition) is 3. The molecule has 1 aliphatic rings. The van der Waals surface area contributed by atoms with Gasteiger partial charge in [0.05, 0.1) is 16.4 Å². The normalized spacial score (nSPS) is 13.6. The Hall–Kier alpha value is -1.52. The van der Waals surface area contributed by atoms with E-state index in [1.807, 2.05) is 18.2 Å². The molecule has 0 aliphatic carbocycles. The van der Waals surface area contributed by atoms with Gasteiger partial charge in [-0.05, 0) is 36.2 Å². The number of carboxylic acids is 1. The van der Waals surface area contributed by atoms with Crippen molar-refractivity contribution in [2.24, 2.45) is 0 Å². The third kappa shape index (κ3) is 2.46. The number of benzene rings is 1. The smallest absolute Gasteiger partial charge is 0.335 e. The largest absolute Gasteiger partial charge is 0.478 e. The number of carbonyl (C=O) groups is 1. The van der Waals surface area contributed by atoms with Gasteiger partial charge in [0.15, 0.2) is 0 Å². The molecule has 3 nitrogen and oxygen atoms in total. The van der Waals surface area contributed by atoms with Gasteiger partial charge in [0, 0.05) is 17.1 Å². The molecule has 1 aliphatic heterocycles. The molecule has 0 fully saturated rings. The Bertz CT molecular complexity index is 638. The molecule has 0 bridgehead atoms. The number of fused-ring (bicyclic) bond motifs is 1. The molecule has 0 amide bonds. The molecule has 0 unspecified atom stereocenters. The summed E-state index contributed by atoms with van der Waals surface area (Å²) in [5.74, 6) is -0.881. The quantitative estimate of drug-likeness (QED) is 0.939. The van der Waals surface area contributed by atoms with Gasteiger partial charge in [0.2, 0.25) is 0 Å². The van der Waals surface area contributed by atoms with E-state index < -0.39 is 5.97 Å². The van der Waals surface area contributed by atoms with E-state index in [0.717, 1.165) is 29.5 Å². The fourth-order valence-corrected chi connectivity index (χ4v) is 3.47. The van der Waals surface area contributed by atoms with Crippen molar-refractivity contribution in [1.82, 2.24) is 0 Å². The Morgan fingerprint density at radius 3 is 2.89 bits per heavy atom. The van der Waals surface area contributed by atoms with Crippen LogP contribution in [0.1, 0.15) is 20.8 Å². The Balaban J connectivity index is 1.88. The van der Waals surface area contributed by atoms with E-state index in [1.165, 1.54) is 10.4 Å². The van der Waals surface area contributed by atoms with E-state index in [9.17, 15) is 4.79 Å². The first-order valence-corrected chi connectivity index (χ1v) is 7.18. The van der Waals surface area contributed by atoms with E-state index >= 15 is 0 Å². The van der Waals surface area contributed by atoms with E-state index in [-0.39, 0.29) is 0 Å². The standard InChI is InChI=1S/C14H12ClNO2S/c15-13-4-3-11(19-13)8-16-6-5-9-1-2-10(14(17)18)7-12(9)16/h1-4,7H,5-6,8H2,(H,17,18). The molecular formula is C14H12ClNO2S. The van der Waals surface area contributed by atoms with Crippen molar-refractivity contribution in [2.45, 2.75) is 13.0 Å². The summed E-state index contributed by atoms with van der Waals surface area (Å²) in [5, 5.41) is 9.06. The average molecular weight is 294 g/mol. The van der Waals surface area contributed by atoms with Gasteiger partial charge >= 0.3 is 5.97 Å². The minimum absolute atomic E-state index is 0.342. The molecule has 5 heteroatoms. The topological polar surface area (TPSA) is 40.5 Å². The van der Waals surface area contributed by atoms with Gasteiger partial charge in [-0.1, -0.05) is 17.7 Å². The van der Waals surface area contributed by atoms with Crippen LogP contribution in [0.4, 0.5) is 5.69 Å². The molecule has 2 aromatic rings. The summed E-state index contributed by atoms with van der Waals surface area (Å²) in [6.07, 6.45) is 0.967. The highest BCUT2D eigenvalue weighted by atomic mass is 35.5. The number of carboxylic acid groups (broad SMARTS) is 1. The molecule has 3 rings (SSSR count). The Morgan fingerprint density at radius 2 is 2.21 bits per heavy atom. The van der Waals surface area contributed by atoms with Crippen LogP contribution in [0, 0.1) is 0 Å². The van der Waals surface area contributed by atoms with E-state index in [1.54, 1.807) is 23.5 Å². The molecule has 0 saturated heterocycles. The molecule has 0 atom stereocenters. The number of hydrogen-bond donors (Lipinski definition) is 1. The van der Waals surface area contributed by atoms with Crippen LogP contribution in [0.5, 0.6) is 0 Å². The summed E-state index contributed by atoms with van der Waals surface area (Å²) in [6, 6.07) is 9.27. The summed E-state index contributed by atoms with van der Waals surface area (Å²) in [6.45, 7) is 1.71. The summed E-state index contributed by atoms with van der Waals surface area (Å²) in [7, 11) is 0. The van der Waals surface area contributed by atoms with Crippen LogP contribution in [-0.2, 0) is 13.0 Å². The maximum absolute atomic E-state index is 11.0. The van der Waals surface area contributed by atoms with Crippen molar-refractivity contribution < 1.29 is 9.90 Å². The first-order valence-electron chi connectivity index (χ1n) is 5.99. The van der Waals surface area contributed by atoms with Gasteiger partial charge in [0.1, 0.15) is 0 Å². The number of anilines is 1. The van der Waals surface area contributed by atoms with Crippen molar-refractivity contribution in [3.63, 3.8) is 0 Å². The highest BCUT2D eigenvalue weighted by Crippen LogP contribution is 2.32. The predicted octanol–water partition coefficient (Wildman–Crippen LogP) is 3.66. The third-order valence-electron chi connectivity index (χ3n) is 3.30. The van der Waals surface area contributed by atoms with E-state index in [0.29, 0.717) is 5.56 Å². The van der Waals surface area contributed by atoms with E-state index in [4.69, 9.17) is 16.7 Å². The number of rotatable bonds is 3. The molecule has 0 saturated carbocycles. The maximum Gasteiger partial charge on any atom is 0.335 e. The fourth-order valence-electron chi connectivity index (χ4n) is 2.37. The number of thiophene rings is 1. The van der Waals surface area contributed by atoms with Crippen LogP contribution in [-0.4, -0.2) is 17.6 Å². The second-order valence-corrected chi connectivity index (χ2v) is 6.33. The highest BCUT2D eigenvalue weighted by molar-refractivity contribution is 7.16. The average Bonchev–Trinajstić information content (AvgIpc) is 2.96.